The number of rotatable bonds is 3. The van der Waals surface area contributed by atoms with Gasteiger partial charge in [0.2, 0.25) is 11.8 Å². The minimum atomic E-state index is -0.0855. The highest BCUT2D eigenvalue weighted by molar-refractivity contribution is 5.90. The maximum Gasteiger partial charge on any atom is 0.241 e. The van der Waals surface area contributed by atoms with Crippen LogP contribution in [0.25, 0.3) is 11.0 Å². The molecule has 8 heteroatoms. The van der Waals surface area contributed by atoms with Gasteiger partial charge in [-0.15, -0.1) is 0 Å². The molecule has 5 heterocycles. The van der Waals surface area contributed by atoms with Crippen LogP contribution in [-0.4, -0.2) is 76.3 Å². The molecule has 3 aliphatic heterocycles. The van der Waals surface area contributed by atoms with Crippen LogP contribution in [0.2, 0.25) is 0 Å². The van der Waals surface area contributed by atoms with Gasteiger partial charge in [-0.25, -0.2) is 9.97 Å². The molecule has 1 N–H and O–H groups in total. The largest absolute Gasteiger partial charge is 0.353 e. The van der Waals surface area contributed by atoms with Gasteiger partial charge in [0.25, 0.3) is 0 Å². The molecule has 2 aromatic heterocycles. The number of hydrogen-bond acceptors (Lipinski definition) is 5. The van der Waals surface area contributed by atoms with Crippen LogP contribution < -0.4 is 4.90 Å². The van der Waals surface area contributed by atoms with Crippen LogP contribution in [0.1, 0.15) is 12.8 Å². The van der Waals surface area contributed by atoms with Crippen molar-refractivity contribution < 1.29 is 9.59 Å². The minimum Gasteiger partial charge on any atom is -0.353 e. The van der Waals surface area contributed by atoms with Crippen molar-refractivity contribution >= 4 is 28.7 Å². The van der Waals surface area contributed by atoms with Crippen molar-refractivity contribution in [2.75, 3.05) is 38.6 Å². The molecule has 0 radical (unpaired) electrons. The van der Waals surface area contributed by atoms with E-state index in [9.17, 15) is 9.59 Å². The molecule has 132 valence electrons. The number of hydrogen-bond donors (Lipinski definition) is 1. The molecule has 2 atom stereocenters. The molecule has 3 saturated heterocycles. The highest BCUT2D eigenvalue weighted by atomic mass is 16.2. The van der Waals surface area contributed by atoms with Crippen molar-refractivity contribution in [1.82, 2.24) is 24.8 Å². The zero-order chi connectivity index (χ0) is 17.6. The Balaban J connectivity index is 1.64. The van der Waals surface area contributed by atoms with E-state index in [2.05, 4.69) is 19.9 Å². The zero-order valence-electron chi connectivity index (χ0n) is 14.5. The van der Waals surface area contributed by atoms with Crippen molar-refractivity contribution in [3.8, 4) is 0 Å². The third-order valence-corrected chi connectivity index (χ3v) is 5.23. The number of carbonyl (C=O) groups is 2. The van der Waals surface area contributed by atoms with Crippen molar-refractivity contribution in [2.24, 2.45) is 5.92 Å². The van der Waals surface area contributed by atoms with E-state index in [1.54, 1.807) is 25.3 Å². The van der Waals surface area contributed by atoms with E-state index in [-0.39, 0.29) is 30.3 Å². The van der Waals surface area contributed by atoms with Gasteiger partial charge in [0.05, 0.1) is 11.3 Å². The molecule has 2 bridgehead atoms. The van der Waals surface area contributed by atoms with E-state index in [1.807, 2.05) is 12.3 Å². The van der Waals surface area contributed by atoms with Gasteiger partial charge in [-0.3, -0.25) is 9.59 Å². The number of aromatic nitrogens is 3. The average Bonchev–Trinajstić information content (AvgIpc) is 2.92. The number of nitrogens with one attached hydrogen (secondary N) is 1. The van der Waals surface area contributed by atoms with Crippen LogP contribution >= 0.6 is 0 Å². The lowest BCUT2D eigenvalue weighted by Gasteiger charge is -2.35. The number of carbonyl (C=O) groups excluding carboxylic acids is 2. The van der Waals surface area contributed by atoms with Crippen molar-refractivity contribution in [3.05, 3.63) is 18.6 Å². The van der Waals surface area contributed by atoms with Crippen molar-refractivity contribution in [3.63, 3.8) is 0 Å². The highest BCUT2D eigenvalue weighted by Gasteiger charge is 2.42. The van der Waals surface area contributed by atoms with Gasteiger partial charge >= 0.3 is 0 Å². The van der Waals surface area contributed by atoms with Gasteiger partial charge in [0.1, 0.15) is 24.3 Å². The lowest BCUT2D eigenvalue weighted by molar-refractivity contribution is -0.145. The number of piperidine rings is 1. The Morgan fingerprint density at radius 3 is 2.96 bits per heavy atom. The fourth-order valence-corrected chi connectivity index (χ4v) is 3.82. The summed E-state index contributed by atoms with van der Waals surface area (Å²) in [6, 6.07) is 2.01. The van der Waals surface area contributed by atoms with Crippen LogP contribution in [-0.2, 0) is 9.59 Å². The minimum absolute atomic E-state index is 0.0393. The predicted molar refractivity (Wildman–Crippen MR) is 93.0 cm³/mol. The molecule has 0 saturated carbocycles. The lowest BCUT2D eigenvalue weighted by atomic mass is 9.94. The number of amides is 2. The van der Waals surface area contributed by atoms with E-state index >= 15 is 0 Å². The molecule has 25 heavy (non-hydrogen) atoms. The van der Waals surface area contributed by atoms with Gasteiger partial charge in [0, 0.05) is 39.4 Å². The quantitative estimate of drug-likeness (QED) is 0.877. The normalized spacial score (nSPS) is 23.2. The number of nitrogens with zero attached hydrogens (tertiary/aromatic N) is 5. The highest BCUT2D eigenvalue weighted by Crippen LogP contribution is 2.33. The Morgan fingerprint density at radius 1 is 1.32 bits per heavy atom. The van der Waals surface area contributed by atoms with E-state index in [0.717, 1.165) is 29.7 Å². The van der Waals surface area contributed by atoms with E-state index in [4.69, 9.17) is 0 Å². The first-order valence-electron chi connectivity index (χ1n) is 8.58. The number of H-pyrrole nitrogens is 1. The molecular formula is C17H22N6O2. The molecule has 0 unspecified atom stereocenters. The van der Waals surface area contributed by atoms with Crippen LogP contribution in [0.5, 0.6) is 0 Å². The summed E-state index contributed by atoms with van der Waals surface area (Å²) in [5.41, 5.74) is 0.799. The summed E-state index contributed by atoms with van der Waals surface area (Å²) in [5.74, 6) is 0.824. The van der Waals surface area contributed by atoms with Crippen LogP contribution in [0.15, 0.2) is 18.6 Å². The second-order valence-corrected chi connectivity index (χ2v) is 7.02. The second-order valence-electron chi connectivity index (χ2n) is 7.02. The van der Waals surface area contributed by atoms with E-state index in [0.29, 0.717) is 13.1 Å². The maximum absolute atomic E-state index is 12.8. The first kappa shape index (κ1) is 15.9. The van der Waals surface area contributed by atoms with Gasteiger partial charge < -0.3 is 19.7 Å². The summed E-state index contributed by atoms with van der Waals surface area (Å²) in [5, 5.41) is 0.965. The molecule has 2 amide bonds. The monoisotopic (exact) mass is 342 g/mol. The fraction of sp³-hybridized carbons (Fsp3) is 0.529. The second kappa shape index (κ2) is 6.02. The Morgan fingerprint density at radius 2 is 2.16 bits per heavy atom. The molecular weight excluding hydrogens is 320 g/mol. The summed E-state index contributed by atoms with van der Waals surface area (Å²) < 4.78 is 0. The zero-order valence-corrected chi connectivity index (χ0v) is 14.5. The lowest BCUT2D eigenvalue weighted by Crippen LogP contribution is -2.51. The molecule has 8 nitrogen and oxygen atoms in total. The van der Waals surface area contributed by atoms with E-state index < -0.39 is 0 Å². The van der Waals surface area contributed by atoms with Crippen molar-refractivity contribution in [2.45, 2.75) is 18.9 Å². The topological polar surface area (TPSA) is 85.4 Å². The standard InChI is InChI=1S/C17H22N6O2/c1-21(2)14(24)9-23-12-4-3-11(17(23)25)7-22(8-12)16-13-5-6-18-15(13)19-10-20-16/h5-6,10-12H,3-4,7-9H2,1-2H3,(H,18,19,20)/t11-,12+/m1/s1. The molecule has 3 aliphatic rings. The Hall–Kier alpha value is -2.64. The SMILES string of the molecule is CN(C)C(=O)CN1C(=O)[C@@H]2CC[C@H]1CN(c1ncnc3[nH]ccc13)C2. The average molecular weight is 342 g/mol. The first-order chi connectivity index (χ1) is 12.0. The van der Waals surface area contributed by atoms with Crippen molar-refractivity contribution in [1.29, 1.82) is 0 Å². The molecule has 0 spiro atoms. The summed E-state index contributed by atoms with van der Waals surface area (Å²) in [4.78, 5) is 42.3. The Bertz CT molecular complexity index is 816. The molecule has 0 aromatic carbocycles. The Labute approximate surface area is 145 Å². The molecule has 0 aliphatic carbocycles. The van der Waals surface area contributed by atoms with Crippen LogP contribution in [0.3, 0.4) is 0 Å². The third kappa shape index (κ3) is 2.71. The first-order valence-corrected chi connectivity index (χ1v) is 8.58. The molecule has 5 rings (SSSR count). The van der Waals surface area contributed by atoms with Crippen LogP contribution in [0, 0.1) is 5.92 Å². The molecule has 3 fully saturated rings. The third-order valence-electron chi connectivity index (χ3n) is 5.23. The smallest absolute Gasteiger partial charge is 0.241 e. The number of aromatic amines is 1. The number of likely N-dealkylation sites (N-methyl/N-ethyl adjacent to an activating group) is 1. The van der Waals surface area contributed by atoms with Crippen LogP contribution in [0.4, 0.5) is 5.82 Å². The van der Waals surface area contributed by atoms with E-state index in [1.165, 1.54) is 4.90 Å². The van der Waals surface area contributed by atoms with Gasteiger partial charge in [-0.2, -0.15) is 0 Å². The number of anilines is 1. The summed E-state index contributed by atoms with van der Waals surface area (Å²) in [7, 11) is 3.44. The number of fused-ring (bicyclic) bond motifs is 5. The summed E-state index contributed by atoms with van der Waals surface area (Å²) in [6.07, 6.45) is 5.20. The maximum atomic E-state index is 12.8. The Kier molecular flexibility index (Phi) is 3.82. The van der Waals surface area contributed by atoms with Gasteiger partial charge in [-0.1, -0.05) is 0 Å². The summed E-state index contributed by atoms with van der Waals surface area (Å²) >= 11 is 0. The molecule has 2 aromatic rings. The van der Waals surface area contributed by atoms with Gasteiger partial charge in [0.15, 0.2) is 0 Å². The summed E-state index contributed by atoms with van der Waals surface area (Å²) in [6.45, 7) is 1.49. The van der Waals surface area contributed by atoms with Gasteiger partial charge in [-0.05, 0) is 18.9 Å². The predicted octanol–water partition coefficient (Wildman–Crippen LogP) is 0.473. The fourth-order valence-electron chi connectivity index (χ4n) is 3.82.